The average Bonchev–Trinajstić information content (AvgIpc) is 3.18. The molecule has 2 aromatic carbocycles. The van der Waals surface area contributed by atoms with E-state index in [1.54, 1.807) is 4.90 Å². The van der Waals surface area contributed by atoms with Gasteiger partial charge in [0.05, 0.1) is 6.42 Å². The fraction of sp³-hybridized carbons (Fsp3) is 0.217. The van der Waals surface area contributed by atoms with Crippen LogP contribution in [0.25, 0.3) is 0 Å². The van der Waals surface area contributed by atoms with E-state index in [0.29, 0.717) is 0 Å². The highest BCUT2D eigenvalue weighted by atomic mass is 32.1. The first-order chi connectivity index (χ1) is 13.4. The van der Waals surface area contributed by atoms with E-state index >= 15 is 0 Å². The quantitative estimate of drug-likeness (QED) is 0.641. The molecule has 0 bridgehead atoms. The van der Waals surface area contributed by atoms with Crippen molar-refractivity contribution in [3.05, 3.63) is 81.5 Å². The maximum absolute atomic E-state index is 13.6. The van der Waals surface area contributed by atoms with Crippen molar-refractivity contribution in [3.63, 3.8) is 0 Å². The van der Waals surface area contributed by atoms with Gasteiger partial charge in [-0.15, -0.1) is 11.3 Å². The molecule has 4 nitrogen and oxygen atoms in total. The van der Waals surface area contributed by atoms with Crippen LogP contribution in [0.4, 0.5) is 11.4 Å². The van der Waals surface area contributed by atoms with Crippen LogP contribution in [0, 0.1) is 20.8 Å². The number of nitrogens with one attached hydrogen (secondary N) is 1. The second-order valence-corrected chi connectivity index (χ2v) is 8.25. The average molecular weight is 391 g/mol. The summed E-state index contributed by atoms with van der Waals surface area (Å²) in [5.74, 6) is -0.218. The third-order valence-corrected chi connectivity index (χ3v) is 6.35. The molecule has 0 saturated carbocycles. The smallest absolute Gasteiger partial charge is 0.256 e. The van der Waals surface area contributed by atoms with E-state index < -0.39 is 5.54 Å². The lowest BCUT2D eigenvalue weighted by Crippen LogP contribution is -2.67. The summed E-state index contributed by atoms with van der Waals surface area (Å²) in [6, 6.07) is 17.5. The number of rotatable bonds is 4. The van der Waals surface area contributed by atoms with Gasteiger partial charge in [-0.05, 0) is 55.5 Å². The van der Waals surface area contributed by atoms with E-state index in [9.17, 15) is 9.59 Å². The van der Waals surface area contributed by atoms with Crippen LogP contribution in [-0.2, 0) is 15.1 Å². The highest BCUT2D eigenvalue weighted by molar-refractivity contribution is 7.10. The van der Waals surface area contributed by atoms with E-state index in [1.165, 1.54) is 11.3 Å². The van der Waals surface area contributed by atoms with Crippen molar-refractivity contribution >= 4 is 34.5 Å². The molecule has 0 aliphatic carbocycles. The molecule has 0 spiro atoms. The highest BCUT2D eigenvalue weighted by Crippen LogP contribution is 2.48. The summed E-state index contributed by atoms with van der Waals surface area (Å²) in [6.07, 6.45) is 0.165. The maximum Gasteiger partial charge on any atom is 0.256 e. The second kappa shape index (κ2) is 6.91. The molecule has 2 amide bonds. The van der Waals surface area contributed by atoms with Gasteiger partial charge in [0, 0.05) is 16.3 Å². The predicted octanol–water partition coefficient (Wildman–Crippen LogP) is 4.94. The molecule has 1 aliphatic rings. The Balaban J connectivity index is 1.80. The summed E-state index contributed by atoms with van der Waals surface area (Å²) in [6.45, 7) is 5.96. The standard InChI is InChI=1S/C23H22N2O2S/c1-15-10-11-19(17(3)13-15)25-21(26)14-23(25,20-9-6-12-28-20)22(27)24-18-8-5-4-7-16(18)2/h4-13H,14H2,1-3H3,(H,24,27)/t23-/m0/s1. The lowest BCUT2D eigenvalue weighted by atomic mass is 9.80. The number of para-hydroxylation sites is 1. The zero-order valence-electron chi connectivity index (χ0n) is 16.2. The molecule has 1 fully saturated rings. The van der Waals surface area contributed by atoms with Crippen molar-refractivity contribution in [3.8, 4) is 0 Å². The maximum atomic E-state index is 13.6. The van der Waals surface area contributed by atoms with Crippen molar-refractivity contribution in [1.82, 2.24) is 0 Å². The van der Waals surface area contributed by atoms with Crippen molar-refractivity contribution in [2.24, 2.45) is 0 Å². The SMILES string of the molecule is Cc1ccc(N2C(=O)C[C@@]2(C(=O)Nc2ccccc2C)c2cccs2)c(C)c1. The van der Waals surface area contributed by atoms with Gasteiger partial charge in [-0.2, -0.15) is 0 Å². The summed E-state index contributed by atoms with van der Waals surface area (Å²) >= 11 is 1.50. The van der Waals surface area contributed by atoms with Gasteiger partial charge in [-0.25, -0.2) is 0 Å². The van der Waals surface area contributed by atoms with Crippen LogP contribution in [0.3, 0.4) is 0 Å². The molecule has 5 heteroatoms. The minimum atomic E-state index is -1.02. The Labute approximate surface area is 168 Å². The van der Waals surface area contributed by atoms with Crippen LogP contribution in [0.2, 0.25) is 0 Å². The molecule has 3 aromatic rings. The number of aryl methyl sites for hydroxylation is 3. The molecule has 4 rings (SSSR count). The largest absolute Gasteiger partial charge is 0.323 e. The van der Waals surface area contributed by atoms with Gasteiger partial charge in [0.2, 0.25) is 5.91 Å². The Hall–Kier alpha value is -2.92. The van der Waals surface area contributed by atoms with Crippen molar-refractivity contribution in [1.29, 1.82) is 0 Å². The first-order valence-corrected chi connectivity index (χ1v) is 10.1. The lowest BCUT2D eigenvalue weighted by Gasteiger charge is -2.50. The number of hydrogen-bond donors (Lipinski definition) is 1. The van der Waals surface area contributed by atoms with E-state index in [0.717, 1.165) is 32.9 Å². The van der Waals surface area contributed by atoms with Crippen LogP contribution >= 0.6 is 11.3 Å². The van der Waals surface area contributed by atoms with Crippen LogP contribution in [0.5, 0.6) is 0 Å². The third-order valence-electron chi connectivity index (χ3n) is 5.33. The summed E-state index contributed by atoms with van der Waals surface area (Å²) < 4.78 is 0. The first-order valence-electron chi connectivity index (χ1n) is 9.25. The van der Waals surface area contributed by atoms with E-state index in [1.807, 2.05) is 80.7 Å². The fourth-order valence-electron chi connectivity index (χ4n) is 3.84. The van der Waals surface area contributed by atoms with Gasteiger partial charge in [0.15, 0.2) is 5.54 Å². The van der Waals surface area contributed by atoms with Crippen LogP contribution in [0.1, 0.15) is 28.0 Å². The first kappa shape index (κ1) is 18.4. The second-order valence-electron chi connectivity index (χ2n) is 7.30. The predicted molar refractivity (Wildman–Crippen MR) is 114 cm³/mol. The minimum Gasteiger partial charge on any atom is -0.323 e. The Kier molecular flexibility index (Phi) is 4.55. The minimum absolute atomic E-state index is 0.0414. The van der Waals surface area contributed by atoms with Gasteiger partial charge in [-0.1, -0.05) is 42.0 Å². The Morgan fingerprint density at radius 2 is 1.82 bits per heavy atom. The third kappa shape index (κ3) is 2.83. The Bertz CT molecular complexity index is 1060. The van der Waals surface area contributed by atoms with Crippen molar-refractivity contribution in [2.45, 2.75) is 32.7 Å². The molecule has 1 saturated heterocycles. The Morgan fingerprint density at radius 1 is 1.04 bits per heavy atom. The fourth-order valence-corrected chi connectivity index (χ4v) is 4.75. The Morgan fingerprint density at radius 3 is 2.46 bits per heavy atom. The molecule has 0 unspecified atom stereocenters. The molecule has 28 heavy (non-hydrogen) atoms. The molecule has 142 valence electrons. The summed E-state index contributed by atoms with van der Waals surface area (Å²) in [5, 5.41) is 5.01. The van der Waals surface area contributed by atoms with E-state index in [2.05, 4.69) is 5.32 Å². The zero-order valence-corrected chi connectivity index (χ0v) is 17.0. The van der Waals surface area contributed by atoms with Gasteiger partial charge < -0.3 is 5.32 Å². The highest BCUT2D eigenvalue weighted by Gasteiger charge is 2.59. The van der Waals surface area contributed by atoms with E-state index in [-0.39, 0.29) is 18.2 Å². The van der Waals surface area contributed by atoms with Gasteiger partial charge >= 0.3 is 0 Å². The van der Waals surface area contributed by atoms with Gasteiger partial charge in [0.25, 0.3) is 5.91 Å². The lowest BCUT2D eigenvalue weighted by molar-refractivity contribution is -0.137. The van der Waals surface area contributed by atoms with Crippen LogP contribution < -0.4 is 10.2 Å². The topological polar surface area (TPSA) is 49.4 Å². The monoisotopic (exact) mass is 390 g/mol. The molecular formula is C23H22N2O2S. The number of thiophene rings is 1. The van der Waals surface area contributed by atoms with Crippen LogP contribution in [-0.4, -0.2) is 11.8 Å². The van der Waals surface area contributed by atoms with Crippen molar-refractivity contribution in [2.75, 3.05) is 10.2 Å². The van der Waals surface area contributed by atoms with Gasteiger partial charge in [0.1, 0.15) is 0 Å². The number of anilines is 2. The van der Waals surface area contributed by atoms with Gasteiger partial charge in [-0.3, -0.25) is 14.5 Å². The molecule has 1 N–H and O–H groups in total. The number of β-lactam (4-membered cyclic amide) rings is 1. The summed E-state index contributed by atoms with van der Waals surface area (Å²) in [7, 11) is 0. The molecule has 2 heterocycles. The number of nitrogens with zero attached hydrogens (tertiary/aromatic N) is 1. The van der Waals surface area contributed by atoms with Crippen molar-refractivity contribution < 1.29 is 9.59 Å². The number of carbonyl (C=O) groups excluding carboxylic acids is 2. The summed E-state index contributed by atoms with van der Waals surface area (Å²) in [5.41, 5.74) is 3.63. The normalized spacial score (nSPS) is 18.7. The molecule has 1 atom stereocenters. The molecule has 1 aliphatic heterocycles. The number of benzene rings is 2. The molecular weight excluding hydrogens is 368 g/mol. The number of amides is 2. The van der Waals surface area contributed by atoms with E-state index in [4.69, 9.17) is 0 Å². The number of carbonyl (C=O) groups is 2. The molecule has 1 aromatic heterocycles. The molecule has 0 radical (unpaired) electrons. The number of hydrogen-bond acceptors (Lipinski definition) is 3. The summed E-state index contributed by atoms with van der Waals surface area (Å²) in [4.78, 5) is 28.9. The zero-order chi connectivity index (χ0) is 19.9. The van der Waals surface area contributed by atoms with Crippen LogP contribution in [0.15, 0.2) is 60.0 Å².